The topological polar surface area (TPSA) is 197 Å². The zero-order valence-corrected chi connectivity index (χ0v) is 22.0. The van der Waals surface area contributed by atoms with Crippen molar-refractivity contribution in [1.82, 2.24) is 9.80 Å². The number of hydrogen-bond donors (Lipinski definition) is 7. The summed E-state index contributed by atoms with van der Waals surface area (Å²) in [6.07, 6.45) is 0.115. The number of fused-ring (bicyclic) bond motifs is 3. The van der Waals surface area contributed by atoms with Gasteiger partial charge in [-0.25, -0.2) is 0 Å². The van der Waals surface area contributed by atoms with Crippen LogP contribution in [0.3, 0.4) is 0 Å². The van der Waals surface area contributed by atoms with Gasteiger partial charge in [-0.05, 0) is 65.1 Å². The minimum absolute atomic E-state index is 0.0117. The number of nitrogens with two attached hydrogens (primary N) is 1. The molecule has 5 rings (SSSR count). The first kappa shape index (κ1) is 27.1. The molecule has 0 spiro atoms. The molecule has 4 aliphatic rings. The molecule has 3 aliphatic carbocycles. The molecule has 1 amide bonds. The van der Waals surface area contributed by atoms with Crippen molar-refractivity contribution >= 4 is 28.9 Å². The van der Waals surface area contributed by atoms with Crippen LogP contribution in [0.15, 0.2) is 29.0 Å². The van der Waals surface area contributed by atoms with Gasteiger partial charge in [0.1, 0.15) is 22.8 Å². The molecular weight excluding hydrogens is 508 g/mol. The summed E-state index contributed by atoms with van der Waals surface area (Å²) in [5.74, 6) is -8.23. The number of ketones is 2. The Morgan fingerprint density at radius 1 is 1.15 bits per heavy atom. The van der Waals surface area contributed by atoms with Gasteiger partial charge in [0.15, 0.2) is 11.4 Å². The Bertz CT molecular complexity index is 1330. The van der Waals surface area contributed by atoms with E-state index < -0.39 is 69.7 Å². The van der Waals surface area contributed by atoms with Gasteiger partial charge in [-0.15, -0.1) is 0 Å². The summed E-state index contributed by atoms with van der Waals surface area (Å²) >= 11 is 0. The fourth-order valence-corrected chi connectivity index (χ4v) is 6.72. The fourth-order valence-electron chi connectivity index (χ4n) is 6.72. The number of benzene rings is 1. The summed E-state index contributed by atoms with van der Waals surface area (Å²) in [6, 6.07) is 2.09. The van der Waals surface area contributed by atoms with Gasteiger partial charge in [0.2, 0.25) is 5.78 Å². The largest absolute Gasteiger partial charge is 0.508 e. The molecule has 0 unspecified atom stereocenters. The standard InChI is InChI=1S/C27H34N4O8/c1-30(2)19-18-20(32)13-10-11-4-5-14(29-12-6-8-31(3)9-7-12)21(33)15(11)22(34)16(13)24(36)27(18,39)25(37)17(23(19)35)26(28)38/h4-5,12-13,18-20,29,32-34,37,39H,6-10H2,1-3H3,(H2,28,38)/t13-,18-,19+,20+,27+/m1/s1. The van der Waals surface area contributed by atoms with Crippen LogP contribution in [0.5, 0.6) is 5.75 Å². The number of Topliss-reactive ketones (excluding diaryl/α,β-unsaturated/α-hetero) is 2. The summed E-state index contributed by atoms with van der Waals surface area (Å²) in [4.78, 5) is 42.7. The third-order valence-corrected chi connectivity index (χ3v) is 8.75. The van der Waals surface area contributed by atoms with E-state index in [1.54, 1.807) is 12.1 Å². The quantitative estimate of drug-likeness (QED) is 0.190. The molecule has 1 aromatic rings. The van der Waals surface area contributed by atoms with E-state index in [4.69, 9.17) is 5.73 Å². The molecule has 1 saturated heterocycles. The first-order chi connectivity index (χ1) is 18.3. The highest BCUT2D eigenvalue weighted by Gasteiger charge is 2.67. The number of phenols is 1. The molecule has 1 saturated carbocycles. The maximum atomic E-state index is 13.9. The maximum absolute atomic E-state index is 13.9. The smallest absolute Gasteiger partial charge is 0.255 e. The van der Waals surface area contributed by atoms with Gasteiger partial charge in [-0.1, -0.05) is 6.07 Å². The van der Waals surface area contributed by atoms with Gasteiger partial charge in [-0.3, -0.25) is 19.3 Å². The number of carbonyl (C=O) groups is 3. The molecule has 1 heterocycles. The number of aromatic hydroxyl groups is 1. The van der Waals surface area contributed by atoms with E-state index >= 15 is 0 Å². The van der Waals surface area contributed by atoms with Crippen molar-refractivity contribution in [1.29, 1.82) is 0 Å². The number of rotatable bonds is 4. The van der Waals surface area contributed by atoms with Gasteiger partial charge in [-0.2, -0.15) is 0 Å². The number of nitrogens with one attached hydrogen (secondary N) is 1. The van der Waals surface area contributed by atoms with Crippen molar-refractivity contribution in [3.8, 4) is 5.75 Å². The van der Waals surface area contributed by atoms with Crippen LogP contribution in [0.25, 0.3) is 5.76 Å². The first-order valence-electron chi connectivity index (χ1n) is 12.9. The maximum Gasteiger partial charge on any atom is 0.255 e. The average Bonchev–Trinajstić information content (AvgIpc) is 2.86. The molecule has 1 aromatic carbocycles. The summed E-state index contributed by atoms with van der Waals surface area (Å²) in [5, 5.41) is 59.9. The molecule has 8 N–H and O–H groups in total. The number of nitrogens with zero attached hydrogens (tertiary/aromatic N) is 2. The molecule has 0 radical (unpaired) electrons. The van der Waals surface area contributed by atoms with Gasteiger partial charge < -0.3 is 41.5 Å². The van der Waals surface area contributed by atoms with Crippen LogP contribution < -0.4 is 11.1 Å². The molecule has 210 valence electrons. The van der Waals surface area contributed by atoms with Gasteiger partial charge in [0.25, 0.3) is 5.91 Å². The first-order valence-corrected chi connectivity index (χ1v) is 12.9. The number of aliphatic hydroxyl groups is 4. The van der Waals surface area contributed by atoms with Crippen LogP contribution in [0.1, 0.15) is 24.0 Å². The molecule has 2 fully saturated rings. The van der Waals surface area contributed by atoms with Crippen molar-refractivity contribution in [3.63, 3.8) is 0 Å². The second kappa shape index (κ2) is 9.33. The van der Waals surface area contributed by atoms with Crippen LogP contribution >= 0.6 is 0 Å². The number of likely N-dealkylation sites (tertiary alicyclic amines) is 1. The highest BCUT2D eigenvalue weighted by Crippen LogP contribution is 2.53. The number of phenolic OH excluding ortho intramolecular Hbond substituents is 1. The Labute approximate surface area is 225 Å². The number of aliphatic hydroxyl groups excluding tert-OH is 3. The van der Waals surface area contributed by atoms with E-state index in [0.717, 1.165) is 25.9 Å². The Hall–Kier alpha value is -3.45. The zero-order valence-electron chi connectivity index (χ0n) is 22.0. The average molecular weight is 543 g/mol. The third kappa shape index (κ3) is 3.85. The Morgan fingerprint density at radius 2 is 1.79 bits per heavy atom. The highest BCUT2D eigenvalue weighted by atomic mass is 16.4. The zero-order chi connectivity index (χ0) is 28.5. The molecular formula is C27H34N4O8. The van der Waals surface area contributed by atoms with Crippen molar-refractivity contribution in [2.75, 3.05) is 39.5 Å². The molecule has 5 atom stereocenters. The number of piperidine rings is 1. The van der Waals surface area contributed by atoms with Crippen LogP contribution in [0.2, 0.25) is 0 Å². The third-order valence-electron chi connectivity index (χ3n) is 8.75. The van der Waals surface area contributed by atoms with Gasteiger partial charge >= 0.3 is 0 Å². The minimum Gasteiger partial charge on any atom is -0.508 e. The van der Waals surface area contributed by atoms with Gasteiger partial charge in [0.05, 0.1) is 29.3 Å². The summed E-state index contributed by atoms with van der Waals surface area (Å²) in [6.45, 7) is 1.76. The normalized spacial score (nSPS) is 31.7. The van der Waals surface area contributed by atoms with Crippen molar-refractivity contribution in [3.05, 3.63) is 40.2 Å². The second-order valence-corrected chi connectivity index (χ2v) is 11.3. The molecule has 1 aliphatic heterocycles. The Kier molecular flexibility index (Phi) is 6.49. The molecule has 39 heavy (non-hydrogen) atoms. The van der Waals surface area contributed by atoms with Crippen molar-refractivity contribution in [2.24, 2.45) is 17.6 Å². The monoisotopic (exact) mass is 542 g/mol. The second-order valence-electron chi connectivity index (χ2n) is 11.3. The summed E-state index contributed by atoms with van der Waals surface area (Å²) in [5.41, 5.74) is 1.89. The number of amides is 1. The molecule has 12 nitrogen and oxygen atoms in total. The highest BCUT2D eigenvalue weighted by molar-refractivity contribution is 6.24. The van der Waals surface area contributed by atoms with E-state index in [9.17, 15) is 39.9 Å². The van der Waals surface area contributed by atoms with Crippen LogP contribution in [0.4, 0.5) is 5.69 Å². The van der Waals surface area contributed by atoms with Crippen molar-refractivity contribution in [2.45, 2.75) is 43.1 Å². The van der Waals surface area contributed by atoms with E-state index in [2.05, 4.69) is 10.2 Å². The lowest BCUT2D eigenvalue weighted by Crippen LogP contribution is -2.70. The SMILES string of the molecule is CN1CCC(Nc2ccc3c(c2O)C(O)=C2C(=O)[C@]4(O)C(O)=C(C(N)=O)C(=O)[C@@H](N(C)C)[C@@H]4[C@@H](O)[C@@H]2C3)CC1. The lowest BCUT2D eigenvalue weighted by atomic mass is 9.56. The fraction of sp³-hybridized carbons (Fsp3) is 0.519. The van der Waals surface area contributed by atoms with E-state index in [-0.39, 0.29) is 23.8 Å². The predicted octanol–water partition coefficient (Wildman–Crippen LogP) is -0.559. The van der Waals surface area contributed by atoms with E-state index in [1.165, 1.54) is 19.0 Å². The Balaban J connectivity index is 1.63. The number of hydrogen-bond acceptors (Lipinski definition) is 11. The van der Waals surface area contributed by atoms with Crippen LogP contribution in [0, 0.1) is 11.8 Å². The van der Waals surface area contributed by atoms with E-state index in [1.807, 2.05) is 7.05 Å². The number of primary amides is 1. The van der Waals surface area contributed by atoms with Crippen LogP contribution in [-0.4, -0.2) is 111 Å². The van der Waals surface area contributed by atoms with Crippen LogP contribution in [-0.2, 0) is 20.8 Å². The number of carbonyl (C=O) groups excluding carboxylic acids is 3. The summed E-state index contributed by atoms with van der Waals surface area (Å²) < 4.78 is 0. The lowest BCUT2D eigenvalue weighted by molar-refractivity contribution is -0.168. The number of anilines is 1. The molecule has 12 heteroatoms. The van der Waals surface area contributed by atoms with Crippen molar-refractivity contribution < 1.29 is 39.9 Å². The Morgan fingerprint density at radius 3 is 2.38 bits per heavy atom. The molecule has 0 bridgehead atoms. The minimum atomic E-state index is -2.91. The van der Waals surface area contributed by atoms with Gasteiger partial charge in [0, 0.05) is 17.5 Å². The predicted molar refractivity (Wildman–Crippen MR) is 140 cm³/mol. The number of likely N-dealkylation sites (N-methyl/N-ethyl adjacent to an activating group) is 1. The summed E-state index contributed by atoms with van der Waals surface area (Å²) in [7, 11) is 4.97. The van der Waals surface area contributed by atoms with E-state index in [0.29, 0.717) is 11.3 Å². The lowest BCUT2D eigenvalue weighted by Gasteiger charge is -2.52. The molecule has 0 aromatic heterocycles.